The number of alkyl halides is 6. The number of nitrogens with zero attached hydrogens (tertiary/aromatic N) is 1. The van der Waals surface area contributed by atoms with Crippen molar-refractivity contribution >= 4 is 62.6 Å². The molecule has 0 saturated heterocycles. The molecule has 0 fully saturated rings. The highest BCUT2D eigenvalue weighted by Crippen LogP contribution is 2.38. The Morgan fingerprint density at radius 2 is 1.69 bits per heavy atom. The molecule has 5 aromatic rings. The number of hydrogen-bond acceptors (Lipinski definition) is 8. The molecule has 11 nitrogen and oxygen atoms in total. The fraction of sp³-hybridized carbons (Fsp3) is 0.161. The van der Waals surface area contributed by atoms with Gasteiger partial charge in [0.2, 0.25) is 0 Å². The molecule has 0 radical (unpaired) electrons. The fourth-order valence-corrected chi connectivity index (χ4v) is 5.18. The number of aromatic nitrogens is 2. The molecule has 3 aromatic heterocycles. The molecule has 0 unspecified atom stereocenters. The quantitative estimate of drug-likeness (QED) is 0.0798. The van der Waals surface area contributed by atoms with E-state index in [0.717, 1.165) is 38.8 Å². The van der Waals surface area contributed by atoms with E-state index in [1.165, 1.54) is 10.9 Å². The normalized spacial score (nSPS) is 13.9. The van der Waals surface area contributed by atoms with E-state index in [4.69, 9.17) is 30.0 Å². The molecule has 6 rings (SSSR count). The van der Waals surface area contributed by atoms with Crippen LogP contribution in [0.25, 0.3) is 33.0 Å². The van der Waals surface area contributed by atoms with Gasteiger partial charge in [-0.25, -0.2) is 14.6 Å². The van der Waals surface area contributed by atoms with Crippen molar-refractivity contribution in [1.29, 1.82) is 0 Å². The average Bonchev–Trinajstić information content (AvgIpc) is 3.84. The van der Waals surface area contributed by atoms with E-state index in [1.807, 2.05) is 48.8 Å². The summed E-state index contributed by atoms with van der Waals surface area (Å²) in [5, 5.41) is 22.6. The third kappa shape index (κ3) is 9.71. The lowest BCUT2D eigenvalue weighted by atomic mass is 10.0. The Morgan fingerprint density at radius 1 is 1.02 bits per heavy atom. The zero-order valence-electron chi connectivity index (χ0n) is 24.7. The van der Waals surface area contributed by atoms with Crippen LogP contribution in [0.2, 0.25) is 0 Å². The second kappa shape index (κ2) is 15.1. The number of H-pyrrole nitrogens is 1. The minimum absolute atomic E-state index is 0.0482. The third-order valence-electron chi connectivity index (χ3n) is 6.58. The van der Waals surface area contributed by atoms with Crippen LogP contribution in [-0.2, 0) is 20.8 Å². The number of carboxylic acids is 2. The van der Waals surface area contributed by atoms with E-state index in [1.54, 1.807) is 29.7 Å². The molecule has 4 heterocycles. The second-order valence-electron chi connectivity index (χ2n) is 10.1. The van der Waals surface area contributed by atoms with Gasteiger partial charge in [-0.3, -0.25) is 4.79 Å². The molecule has 18 heteroatoms. The number of aliphatic carboxylic acids is 2. The number of carboxylic acid groups (broad SMARTS) is 2. The molecule has 1 aliphatic rings. The van der Waals surface area contributed by atoms with E-state index in [0.29, 0.717) is 17.9 Å². The first kappa shape index (κ1) is 36.2. The van der Waals surface area contributed by atoms with Gasteiger partial charge >= 0.3 is 24.3 Å². The lowest BCUT2D eigenvalue weighted by Crippen LogP contribution is -2.31. The first-order valence-corrected chi connectivity index (χ1v) is 14.7. The molecule has 1 atom stereocenters. The Labute approximate surface area is 276 Å². The van der Waals surface area contributed by atoms with Crippen LogP contribution in [0.15, 0.2) is 77.7 Å². The van der Waals surface area contributed by atoms with Crippen LogP contribution in [0.4, 0.5) is 37.2 Å². The van der Waals surface area contributed by atoms with Gasteiger partial charge in [0.1, 0.15) is 5.76 Å². The van der Waals surface area contributed by atoms with Crippen LogP contribution >= 0.6 is 11.3 Å². The molecular formula is C31H25F6N5O6S. The lowest BCUT2D eigenvalue weighted by molar-refractivity contribution is -0.193. The lowest BCUT2D eigenvalue weighted by Gasteiger charge is -2.11. The Bertz CT molecular complexity index is 1940. The number of rotatable bonds is 7. The zero-order valence-corrected chi connectivity index (χ0v) is 25.5. The fourth-order valence-electron chi connectivity index (χ4n) is 4.36. The van der Waals surface area contributed by atoms with Crippen LogP contribution in [0.5, 0.6) is 0 Å². The summed E-state index contributed by atoms with van der Waals surface area (Å²) in [6.45, 7) is 0.616. The van der Waals surface area contributed by atoms with E-state index >= 15 is 0 Å². The van der Waals surface area contributed by atoms with Crippen molar-refractivity contribution in [3.05, 3.63) is 90.1 Å². The number of nitrogens with one attached hydrogen (secondary N) is 3. The number of nitrogens with two attached hydrogens (primary N) is 1. The zero-order chi connectivity index (χ0) is 35.9. The summed E-state index contributed by atoms with van der Waals surface area (Å²) in [5.41, 5.74) is 12.0. The van der Waals surface area contributed by atoms with Crippen LogP contribution in [0.1, 0.15) is 16.9 Å². The number of benzene rings is 2. The number of para-hydroxylation sites is 1. The van der Waals surface area contributed by atoms with Crippen molar-refractivity contribution < 1.29 is 55.4 Å². The highest BCUT2D eigenvalue weighted by atomic mass is 32.1. The predicted octanol–water partition coefficient (Wildman–Crippen LogP) is 6.63. The minimum Gasteiger partial charge on any atom is -0.475 e. The van der Waals surface area contributed by atoms with Gasteiger partial charge in [0.05, 0.1) is 16.7 Å². The topological polar surface area (TPSA) is 184 Å². The maximum atomic E-state index is 12.5. The molecular weight excluding hydrogens is 684 g/mol. The van der Waals surface area contributed by atoms with Crippen LogP contribution in [-0.4, -0.2) is 63.0 Å². The van der Waals surface area contributed by atoms with Gasteiger partial charge in [0.15, 0.2) is 5.13 Å². The summed E-state index contributed by atoms with van der Waals surface area (Å²) in [6, 6.07) is 17.8. The first-order chi connectivity index (χ1) is 23.0. The predicted molar refractivity (Wildman–Crippen MR) is 169 cm³/mol. The summed E-state index contributed by atoms with van der Waals surface area (Å²) in [7, 11) is 0. The Morgan fingerprint density at radius 3 is 2.33 bits per heavy atom. The van der Waals surface area contributed by atoms with Gasteiger partial charge < -0.3 is 36.0 Å². The molecule has 258 valence electrons. The molecule has 49 heavy (non-hydrogen) atoms. The van der Waals surface area contributed by atoms with E-state index in [2.05, 4.69) is 32.7 Å². The number of halogens is 6. The molecule has 1 aliphatic heterocycles. The molecule has 0 bridgehead atoms. The number of fused-ring (bicyclic) bond motifs is 2. The number of amides is 1. The SMILES string of the molecule is N[C@H](CNc1ncc(-c2ccc3c(c2)/C(=C/c2ccco2)C(=O)N3)s1)Cc1c[nH]c2ccccc12.O=C(O)C(F)(F)F.O=C(O)C(F)(F)F. The van der Waals surface area contributed by atoms with E-state index in [-0.39, 0.29) is 11.9 Å². The van der Waals surface area contributed by atoms with Crippen molar-refractivity contribution in [1.82, 2.24) is 9.97 Å². The summed E-state index contributed by atoms with van der Waals surface area (Å²) in [4.78, 5) is 39.1. The Kier molecular flexibility index (Phi) is 11.1. The number of thiazole rings is 1. The minimum atomic E-state index is -5.08. The average molecular weight is 710 g/mol. The van der Waals surface area contributed by atoms with Gasteiger partial charge in [0.25, 0.3) is 5.91 Å². The summed E-state index contributed by atoms with van der Waals surface area (Å²) >= 11 is 1.56. The molecule has 0 spiro atoms. The van der Waals surface area contributed by atoms with Crippen molar-refractivity contribution in [3.8, 4) is 10.4 Å². The number of carbonyl (C=O) groups excluding carboxylic acids is 1. The van der Waals surface area contributed by atoms with Crippen molar-refractivity contribution in [2.75, 3.05) is 17.2 Å². The smallest absolute Gasteiger partial charge is 0.475 e. The molecule has 0 aliphatic carbocycles. The largest absolute Gasteiger partial charge is 0.490 e. The highest BCUT2D eigenvalue weighted by Gasteiger charge is 2.39. The number of furan rings is 1. The van der Waals surface area contributed by atoms with Crippen LogP contribution in [0.3, 0.4) is 0 Å². The summed E-state index contributed by atoms with van der Waals surface area (Å²) in [6.07, 6.45) is -2.16. The Balaban J connectivity index is 0.000000327. The third-order valence-corrected chi connectivity index (χ3v) is 7.58. The molecule has 7 N–H and O–H groups in total. The second-order valence-corrected chi connectivity index (χ2v) is 11.2. The van der Waals surface area contributed by atoms with Gasteiger partial charge in [-0.2, -0.15) is 26.3 Å². The maximum Gasteiger partial charge on any atom is 0.490 e. The van der Waals surface area contributed by atoms with E-state index < -0.39 is 24.3 Å². The first-order valence-electron chi connectivity index (χ1n) is 13.8. The van der Waals surface area contributed by atoms with E-state index in [9.17, 15) is 31.1 Å². The Hall–Kier alpha value is -5.62. The number of carbonyl (C=O) groups is 3. The van der Waals surface area contributed by atoms with Crippen LogP contribution < -0.4 is 16.4 Å². The highest BCUT2D eigenvalue weighted by molar-refractivity contribution is 7.18. The molecule has 1 amide bonds. The van der Waals surface area contributed by atoms with Crippen molar-refractivity contribution in [3.63, 3.8) is 0 Å². The van der Waals surface area contributed by atoms with Crippen LogP contribution in [0, 0.1) is 0 Å². The maximum absolute atomic E-state index is 12.5. The van der Waals surface area contributed by atoms with Gasteiger partial charge in [-0.05, 0) is 54.0 Å². The standard InChI is InChI=1S/C27H23N5O2S.2C2HF3O2/c28-18(10-17-13-29-23-6-2-1-5-20(17)23)14-30-27-31-15-25(35-27)16-7-8-24-21(11-16)22(26(33)32-24)12-19-4-3-9-34-19;2*3-2(4,5)1(6)7/h1-9,11-13,15,18,29H,10,14,28H2,(H,30,31)(H,32,33);2*(H,6,7)/b22-12-;;/t18-;;/m0../s1. The number of anilines is 2. The van der Waals surface area contributed by atoms with Gasteiger partial charge in [-0.1, -0.05) is 35.6 Å². The summed E-state index contributed by atoms with van der Waals surface area (Å²) in [5.74, 6) is -5.01. The van der Waals surface area contributed by atoms with Gasteiger partial charge in [-0.15, -0.1) is 0 Å². The van der Waals surface area contributed by atoms with Crippen molar-refractivity contribution in [2.24, 2.45) is 5.73 Å². The molecule has 2 aromatic carbocycles. The molecule has 0 saturated carbocycles. The monoisotopic (exact) mass is 709 g/mol. The van der Waals surface area contributed by atoms with Gasteiger partial charge in [0, 0.05) is 47.1 Å². The number of aromatic amines is 1. The summed E-state index contributed by atoms with van der Waals surface area (Å²) < 4.78 is 68.9. The number of hydrogen-bond donors (Lipinski definition) is 6. The van der Waals surface area contributed by atoms with Crippen molar-refractivity contribution in [2.45, 2.75) is 24.8 Å².